The third-order valence-electron chi connectivity index (χ3n) is 4.91. The van der Waals surface area contributed by atoms with Crippen LogP contribution in [0.25, 0.3) is 11.3 Å². The van der Waals surface area contributed by atoms with Gasteiger partial charge in [0.05, 0.1) is 43.4 Å². The molecule has 3 aromatic rings. The number of nitrogens with zero attached hydrogens (tertiary/aromatic N) is 4. The Labute approximate surface area is 167 Å². The minimum atomic E-state index is -0.134. The number of aromatic nitrogens is 3. The molecule has 0 unspecified atom stereocenters. The van der Waals surface area contributed by atoms with Crippen molar-refractivity contribution in [1.82, 2.24) is 14.5 Å². The molecular weight excluding hydrogens is 372 g/mol. The Morgan fingerprint density at radius 3 is 2.66 bits per heavy atom. The molecule has 0 aliphatic carbocycles. The van der Waals surface area contributed by atoms with Crippen LogP contribution in [0.3, 0.4) is 0 Å². The van der Waals surface area contributed by atoms with Gasteiger partial charge in [0, 0.05) is 30.6 Å². The van der Waals surface area contributed by atoms with Crippen molar-refractivity contribution < 1.29 is 14.3 Å². The highest BCUT2D eigenvalue weighted by Crippen LogP contribution is 2.32. The van der Waals surface area contributed by atoms with Crippen molar-refractivity contribution in [1.29, 1.82) is 0 Å². The van der Waals surface area contributed by atoms with Gasteiger partial charge in [0.2, 0.25) is 0 Å². The van der Waals surface area contributed by atoms with Gasteiger partial charge >= 0.3 is 0 Å². The van der Waals surface area contributed by atoms with E-state index in [0.717, 1.165) is 5.56 Å². The lowest BCUT2D eigenvalue weighted by molar-refractivity contribution is 0.0996. The van der Waals surface area contributed by atoms with Crippen molar-refractivity contribution in [2.24, 2.45) is 0 Å². The molecule has 148 valence electrons. The van der Waals surface area contributed by atoms with Gasteiger partial charge in [0.15, 0.2) is 5.75 Å². The number of fused-ring (bicyclic) bond motifs is 1. The van der Waals surface area contributed by atoms with Gasteiger partial charge in [0.1, 0.15) is 0 Å². The van der Waals surface area contributed by atoms with Crippen LogP contribution >= 0.6 is 0 Å². The summed E-state index contributed by atoms with van der Waals surface area (Å²) in [6, 6.07) is 8.50. The zero-order valence-corrected chi connectivity index (χ0v) is 16.4. The van der Waals surface area contributed by atoms with E-state index >= 15 is 0 Å². The van der Waals surface area contributed by atoms with Crippen molar-refractivity contribution in [3.8, 4) is 22.9 Å². The minimum Gasteiger partial charge on any atom is -0.491 e. The van der Waals surface area contributed by atoms with E-state index in [1.54, 1.807) is 53.2 Å². The SMILES string of the molecule is CCn1cc(N2Cc3nc(-c4cnc(OC)c(OC)c4)ccc3C2=O)ccc1=O. The van der Waals surface area contributed by atoms with Gasteiger partial charge in [-0.25, -0.2) is 4.98 Å². The van der Waals surface area contributed by atoms with Gasteiger partial charge in [-0.05, 0) is 31.2 Å². The largest absolute Gasteiger partial charge is 0.491 e. The van der Waals surface area contributed by atoms with Crippen molar-refractivity contribution in [3.63, 3.8) is 0 Å². The Hall–Kier alpha value is -3.68. The number of hydrogen-bond donors (Lipinski definition) is 0. The van der Waals surface area contributed by atoms with Gasteiger partial charge in [-0.2, -0.15) is 0 Å². The summed E-state index contributed by atoms with van der Waals surface area (Å²) in [5, 5.41) is 0. The normalized spacial score (nSPS) is 12.8. The highest BCUT2D eigenvalue weighted by atomic mass is 16.5. The first-order chi connectivity index (χ1) is 14.0. The smallest absolute Gasteiger partial charge is 0.260 e. The first kappa shape index (κ1) is 18.7. The van der Waals surface area contributed by atoms with Crippen molar-refractivity contribution >= 4 is 11.6 Å². The van der Waals surface area contributed by atoms with Crippen LogP contribution in [0.15, 0.2) is 47.5 Å². The molecule has 0 radical (unpaired) electrons. The monoisotopic (exact) mass is 392 g/mol. The molecule has 0 spiro atoms. The Bertz CT molecular complexity index is 1160. The predicted molar refractivity (Wildman–Crippen MR) is 107 cm³/mol. The molecule has 0 saturated carbocycles. The van der Waals surface area contributed by atoms with Crippen LogP contribution in [-0.2, 0) is 13.1 Å². The molecule has 29 heavy (non-hydrogen) atoms. The summed E-state index contributed by atoms with van der Waals surface area (Å²) in [5.74, 6) is 0.766. The van der Waals surface area contributed by atoms with E-state index in [1.165, 1.54) is 13.2 Å². The molecule has 0 aromatic carbocycles. The number of ether oxygens (including phenoxy) is 2. The number of anilines is 1. The zero-order chi connectivity index (χ0) is 20.5. The average molecular weight is 392 g/mol. The summed E-state index contributed by atoms with van der Waals surface area (Å²) < 4.78 is 12.1. The van der Waals surface area contributed by atoms with E-state index in [4.69, 9.17) is 9.47 Å². The summed E-state index contributed by atoms with van der Waals surface area (Å²) in [7, 11) is 3.08. The molecule has 0 N–H and O–H groups in total. The lowest BCUT2D eigenvalue weighted by Crippen LogP contribution is -2.26. The maximum Gasteiger partial charge on any atom is 0.260 e. The van der Waals surface area contributed by atoms with Crippen LogP contribution in [-0.4, -0.2) is 34.7 Å². The highest BCUT2D eigenvalue weighted by molar-refractivity contribution is 6.09. The van der Waals surface area contributed by atoms with Gasteiger partial charge < -0.3 is 18.9 Å². The van der Waals surface area contributed by atoms with Crippen LogP contribution in [0.4, 0.5) is 5.69 Å². The zero-order valence-electron chi connectivity index (χ0n) is 16.4. The van der Waals surface area contributed by atoms with E-state index < -0.39 is 0 Å². The van der Waals surface area contributed by atoms with Gasteiger partial charge in [-0.1, -0.05) is 0 Å². The summed E-state index contributed by atoms with van der Waals surface area (Å²) >= 11 is 0. The molecule has 3 aromatic heterocycles. The number of aryl methyl sites for hydroxylation is 1. The van der Waals surface area contributed by atoms with Gasteiger partial charge in [-0.15, -0.1) is 0 Å². The minimum absolute atomic E-state index is 0.0956. The lowest BCUT2D eigenvalue weighted by atomic mass is 10.1. The standard InChI is InChI=1S/C21H20N4O4/c1-4-24-11-14(5-8-19(24)26)25-12-17-15(21(25)27)6-7-16(23-17)13-9-18(28-2)20(29-3)22-10-13/h5-11H,4,12H2,1-3H3. The number of pyridine rings is 3. The number of methoxy groups -OCH3 is 2. The fourth-order valence-electron chi connectivity index (χ4n) is 3.35. The molecule has 0 saturated heterocycles. The van der Waals surface area contributed by atoms with E-state index in [0.29, 0.717) is 47.4 Å². The first-order valence-electron chi connectivity index (χ1n) is 9.16. The Kier molecular flexibility index (Phi) is 4.75. The molecule has 0 atom stereocenters. The van der Waals surface area contributed by atoms with Crippen LogP contribution in [0, 0.1) is 0 Å². The number of rotatable bonds is 5. The third-order valence-corrected chi connectivity index (χ3v) is 4.91. The summed E-state index contributed by atoms with van der Waals surface area (Å²) in [6.07, 6.45) is 3.35. The van der Waals surface area contributed by atoms with E-state index in [9.17, 15) is 9.59 Å². The number of hydrogen-bond acceptors (Lipinski definition) is 6. The predicted octanol–water partition coefficient (Wildman–Crippen LogP) is 2.50. The second kappa shape index (κ2) is 7.38. The van der Waals surface area contributed by atoms with Crippen molar-refractivity contribution in [2.75, 3.05) is 19.1 Å². The quantitative estimate of drug-likeness (QED) is 0.663. The van der Waals surface area contributed by atoms with E-state index in [2.05, 4.69) is 9.97 Å². The molecule has 8 nitrogen and oxygen atoms in total. The summed E-state index contributed by atoms with van der Waals surface area (Å²) in [5.41, 5.74) is 3.25. The molecule has 0 fully saturated rings. The fourth-order valence-corrected chi connectivity index (χ4v) is 3.35. The van der Waals surface area contributed by atoms with E-state index in [-0.39, 0.29) is 11.5 Å². The first-order valence-corrected chi connectivity index (χ1v) is 9.16. The number of carbonyl (C=O) groups excluding carboxylic acids is 1. The molecule has 4 heterocycles. The van der Waals surface area contributed by atoms with Crippen molar-refractivity contribution in [2.45, 2.75) is 20.0 Å². The fraction of sp³-hybridized carbons (Fsp3) is 0.238. The second-order valence-electron chi connectivity index (χ2n) is 6.53. The van der Waals surface area contributed by atoms with Crippen LogP contribution in [0.2, 0.25) is 0 Å². The molecule has 1 aliphatic rings. The number of amides is 1. The Morgan fingerprint density at radius 1 is 1.10 bits per heavy atom. The van der Waals surface area contributed by atoms with Gasteiger partial charge in [-0.3, -0.25) is 14.6 Å². The maximum absolute atomic E-state index is 12.9. The highest BCUT2D eigenvalue weighted by Gasteiger charge is 2.30. The molecule has 0 bridgehead atoms. The third kappa shape index (κ3) is 3.22. The number of carbonyl (C=O) groups is 1. The molecule has 4 rings (SSSR count). The molecule has 1 aliphatic heterocycles. The second-order valence-corrected chi connectivity index (χ2v) is 6.53. The van der Waals surface area contributed by atoms with Crippen LogP contribution in [0.5, 0.6) is 11.6 Å². The lowest BCUT2D eigenvalue weighted by Gasteiger charge is -2.16. The molecular formula is C21H20N4O4. The Balaban J connectivity index is 1.68. The topological polar surface area (TPSA) is 86.6 Å². The summed E-state index contributed by atoms with van der Waals surface area (Å²) in [6.45, 7) is 2.76. The van der Waals surface area contributed by atoms with Crippen LogP contribution in [0.1, 0.15) is 23.0 Å². The molecule has 1 amide bonds. The van der Waals surface area contributed by atoms with Gasteiger partial charge in [0.25, 0.3) is 17.3 Å². The molecule has 8 heteroatoms. The van der Waals surface area contributed by atoms with E-state index in [1.807, 2.05) is 6.92 Å². The Morgan fingerprint density at radius 2 is 1.93 bits per heavy atom. The van der Waals surface area contributed by atoms with Crippen molar-refractivity contribution in [3.05, 3.63) is 64.3 Å². The van der Waals surface area contributed by atoms with Crippen LogP contribution < -0.4 is 19.9 Å². The summed E-state index contributed by atoms with van der Waals surface area (Å²) in [4.78, 5) is 35.2. The average Bonchev–Trinajstić information content (AvgIpc) is 3.09. The maximum atomic E-state index is 12.9.